The van der Waals surface area contributed by atoms with E-state index in [1.807, 2.05) is 0 Å². The molecule has 0 bridgehead atoms. The maximum Gasteiger partial charge on any atom is 0.0277 e. The summed E-state index contributed by atoms with van der Waals surface area (Å²) in [5.74, 6) is 0. The van der Waals surface area contributed by atoms with Crippen LogP contribution in [0.4, 0.5) is 0 Å². The van der Waals surface area contributed by atoms with Crippen LogP contribution in [0.1, 0.15) is 54.4 Å². The van der Waals surface area contributed by atoms with E-state index in [-0.39, 0.29) is 0 Å². The molecule has 0 aromatic heterocycles. The Balaban J connectivity index is 2.21. The summed E-state index contributed by atoms with van der Waals surface area (Å²) >= 11 is 0. The van der Waals surface area contributed by atoms with E-state index >= 15 is 0 Å². The van der Waals surface area contributed by atoms with Crippen LogP contribution in [0.2, 0.25) is 0 Å². The van der Waals surface area contributed by atoms with Crippen molar-refractivity contribution in [3.63, 3.8) is 0 Å². The van der Waals surface area contributed by atoms with Gasteiger partial charge in [-0.05, 0) is 45.6 Å². The van der Waals surface area contributed by atoms with Crippen molar-refractivity contribution >= 4 is 0 Å². The Morgan fingerprint density at radius 2 is 1.59 bits per heavy atom. The first-order chi connectivity index (χ1) is 7.69. The second-order valence-electron chi connectivity index (χ2n) is 8.00. The van der Waals surface area contributed by atoms with E-state index in [0.717, 1.165) is 6.04 Å². The van der Waals surface area contributed by atoms with Crippen LogP contribution >= 0.6 is 0 Å². The summed E-state index contributed by atoms with van der Waals surface area (Å²) in [6.07, 6.45) is 2.81. The Bertz CT molecular complexity index is 244. The maximum absolute atomic E-state index is 2.76. The molecule has 0 saturated carbocycles. The molecule has 0 N–H and O–H groups in total. The summed E-state index contributed by atoms with van der Waals surface area (Å²) in [5.41, 5.74) is 0.674. The van der Waals surface area contributed by atoms with Crippen molar-refractivity contribution < 1.29 is 0 Å². The fourth-order valence-electron chi connectivity index (χ4n) is 3.50. The lowest BCUT2D eigenvalue weighted by molar-refractivity contribution is -0.0506. The van der Waals surface area contributed by atoms with Crippen molar-refractivity contribution in [1.82, 2.24) is 9.80 Å². The lowest BCUT2D eigenvalue weighted by Crippen LogP contribution is -2.64. The van der Waals surface area contributed by atoms with Gasteiger partial charge in [-0.1, -0.05) is 20.8 Å². The van der Waals surface area contributed by atoms with Crippen LogP contribution in [0.15, 0.2) is 0 Å². The number of nitrogens with zero attached hydrogens (tertiary/aromatic N) is 2. The van der Waals surface area contributed by atoms with Gasteiger partial charge in [-0.2, -0.15) is 0 Å². The topological polar surface area (TPSA) is 6.48 Å². The van der Waals surface area contributed by atoms with E-state index in [2.05, 4.69) is 51.3 Å². The third-order valence-corrected chi connectivity index (χ3v) is 4.55. The maximum atomic E-state index is 2.76. The minimum atomic E-state index is 0.298. The van der Waals surface area contributed by atoms with Gasteiger partial charge in [0.15, 0.2) is 0 Å². The first-order valence-corrected chi connectivity index (χ1v) is 7.20. The molecule has 0 amide bonds. The molecule has 2 unspecified atom stereocenters. The zero-order valence-corrected chi connectivity index (χ0v) is 12.6. The Morgan fingerprint density at radius 3 is 2.12 bits per heavy atom. The normalized spacial score (nSPS) is 32.8. The number of fused-ring (bicyclic) bond motifs is 1. The second-order valence-corrected chi connectivity index (χ2v) is 8.00. The van der Waals surface area contributed by atoms with E-state index in [4.69, 9.17) is 0 Å². The lowest BCUT2D eigenvalue weighted by Gasteiger charge is -2.54. The predicted octanol–water partition coefficient (Wildman–Crippen LogP) is 2.98. The molecule has 0 aromatic rings. The van der Waals surface area contributed by atoms with Crippen molar-refractivity contribution in [2.45, 2.75) is 72.0 Å². The van der Waals surface area contributed by atoms with Gasteiger partial charge in [0, 0.05) is 30.7 Å². The van der Waals surface area contributed by atoms with Crippen molar-refractivity contribution in [3.8, 4) is 0 Å². The van der Waals surface area contributed by atoms with Gasteiger partial charge in [0.25, 0.3) is 0 Å². The summed E-state index contributed by atoms with van der Waals surface area (Å²) in [4.78, 5) is 5.50. The number of hydrogen-bond acceptors (Lipinski definition) is 2. The van der Waals surface area contributed by atoms with E-state index < -0.39 is 0 Å². The van der Waals surface area contributed by atoms with Crippen LogP contribution in [0.25, 0.3) is 0 Å². The van der Waals surface area contributed by atoms with E-state index in [1.165, 1.54) is 32.5 Å². The van der Waals surface area contributed by atoms with Crippen LogP contribution in [-0.2, 0) is 0 Å². The molecule has 2 heteroatoms. The average molecular weight is 238 g/mol. The van der Waals surface area contributed by atoms with Crippen LogP contribution in [0, 0.1) is 5.41 Å². The minimum absolute atomic E-state index is 0.298. The molecule has 100 valence electrons. The van der Waals surface area contributed by atoms with Gasteiger partial charge < -0.3 is 0 Å². The molecule has 2 atom stereocenters. The van der Waals surface area contributed by atoms with Gasteiger partial charge in [0.1, 0.15) is 0 Å². The molecule has 2 heterocycles. The highest BCUT2D eigenvalue weighted by atomic mass is 15.3. The molecule has 0 aliphatic carbocycles. The number of rotatable bonds is 0. The van der Waals surface area contributed by atoms with E-state index in [0.29, 0.717) is 17.0 Å². The number of piperazine rings is 1. The summed E-state index contributed by atoms with van der Waals surface area (Å²) in [6.45, 7) is 18.2. The SMILES string of the molecule is CC(C)(C)C1CN2CCCC2CN1C(C)(C)C. The Hall–Kier alpha value is -0.0800. The molecule has 2 aliphatic heterocycles. The highest BCUT2D eigenvalue weighted by molar-refractivity contribution is 5.00. The fourth-order valence-corrected chi connectivity index (χ4v) is 3.50. The van der Waals surface area contributed by atoms with Crippen LogP contribution in [0.3, 0.4) is 0 Å². The quantitative estimate of drug-likeness (QED) is 0.640. The zero-order chi connectivity index (χ0) is 12.8. The molecule has 2 rings (SSSR count). The third-order valence-electron chi connectivity index (χ3n) is 4.55. The standard InChI is InChI=1S/C15H30N2/c1-14(2,3)13-11-16-9-7-8-12(16)10-17(13)15(4,5)6/h12-13H,7-11H2,1-6H3. The van der Waals surface area contributed by atoms with Crippen LogP contribution in [-0.4, -0.2) is 47.1 Å². The fraction of sp³-hybridized carbons (Fsp3) is 1.00. The lowest BCUT2D eigenvalue weighted by atomic mass is 9.81. The highest BCUT2D eigenvalue weighted by Gasteiger charge is 2.44. The predicted molar refractivity (Wildman–Crippen MR) is 74.3 cm³/mol. The molecule has 2 nitrogen and oxygen atoms in total. The molecule has 0 radical (unpaired) electrons. The molecule has 17 heavy (non-hydrogen) atoms. The Labute approximate surface area is 107 Å². The third kappa shape index (κ3) is 2.68. The van der Waals surface area contributed by atoms with Gasteiger partial charge in [-0.25, -0.2) is 0 Å². The summed E-state index contributed by atoms with van der Waals surface area (Å²) < 4.78 is 0. The molecule has 0 aromatic carbocycles. The van der Waals surface area contributed by atoms with E-state index in [9.17, 15) is 0 Å². The number of hydrogen-bond donors (Lipinski definition) is 0. The first kappa shape index (κ1) is 13.4. The van der Waals surface area contributed by atoms with E-state index in [1.54, 1.807) is 0 Å². The molecular formula is C15H30N2. The first-order valence-electron chi connectivity index (χ1n) is 7.20. The van der Waals surface area contributed by atoms with Gasteiger partial charge >= 0.3 is 0 Å². The van der Waals surface area contributed by atoms with Crippen molar-refractivity contribution in [2.24, 2.45) is 5.41 Å². The van der Waals surface area contributed by atoms with Gasteiger partial charge in [-0.15, -0.1) is 0 Å². The Kier molecular flexibility index (Phi) is 3.33. The van der Waals surface area contributed by atoms with Gasteiger partial charge in [0.2, 0.25) is 0 Å². The van der Waals surface area contributed by atoms with Crippen molar-refractivity contribution in [3.05, 3.63) is 0 Å². The minimum Gasteiger partial charge on any atom is -0.298 e. The largest absolute Gasteiger partial charge is 0.298 e. The smallest absolute Gasteiger partial charge is 0.0277 e. The van der Waals surface area contributed by atoms with Crippen molar-refractivity contribution in [1.29, 1.82) is 0 Å². The van der Waals surface area contributed by atoms with Crippen LogP contribution < -0.4 is 0 Å². The average Bonchev–Trinajstić information content (AvgIpc) is 2.59. The summed E-state index contributed by atoms with van der Waals surface area (Å²) in [7, 11) is 0. The second kappa shape index (κ2) is 4.24. The van der Waals surface area contributed by atoms with Crippen LogP contribution in [0.5, 0.6) is 0 Å². The molecule has 0 spiro atoms. The Morgan fingerprint density at radius 1 is 0.941 bits per heavy atom. The van der Waals surface area contributed by atoms with Gasteiger partial charge in [0.05, 0.1) is 0 Å². The molecule has 2 aliphatic rings. The van der Waals surface area contributed by atoms with Crippen molar-refractivity contribution in [2.75, 3.05) is 19.6 Å². The highest BCUT2D eigenvalue weighted by Crippen LogP contribution is 2.36. The zero-order valence-electron chi connectivity index (χ0n) is 12.6. The summed E-state index contributed by atoms with van der Waals surface area (Å²) in [5, 5.41) is 0. The molecule has 2 saturated heterocycles. The molecular weight excluding hydrogens is 208 g/mol. The monoisotopic (exact) mass is 238 g/mol. The molecule has 2 fully saturated rings. The summed E-state index contributed by atoms with van der Waals surface area (Å²) in [6, 6.07) is 1.52. The van der Waals surface area contributed by atoms with Gasteiger partial charge in [-0.3, -0.25) is 9.80 Å².